The average Bonchev–Trinajstić information content (AvgIpc) is 3.12. The molecule has 0 saturated carbocycles. The van der Waals surface area contributed by atoms with Crippen LogP contribution in [0.25, 0.3) is 0 Å². The maximum absolute atomic E-state index is 11.1. The molecule has 0 aliphatic carbocycles. The Hall–Kier alpha value is -2.28. The lowest BCUT2D eigenvalue weighted by Gasteiger charge is -2.18. The number of halogens is 1. The van der Waals surface area contributed by atoms with E-state index in [0.717, 1.165) is 36.4 Å². The molecule has 146 valence electrons. The van der Waals surface area contributed by atoms with Gasteiger partial charge in [0.1, 0.15) is 12.3 Å². The Balaban J connectivity index is 1.93. The van der Waals surface area contributed by atoms with Gasteiger partial charge in [-0.1, -0.05) is 41.4 Å². The Kier molecular flexibility index (Phi) is 8.39. The van der Waals surface area contributed by atoms with Crippen LogP contribution in [0, 0.1) is 5.92 Å². The number of benzene rings is 1. The van der Waals surface area contributed by atoms with Crippen molar-refractivity contribution in [2.24, 2.45) is 16.6 Å². The first-order valence-corrected chi connectivity index (χ1v) is 9.96. The van der Waals surface area contributed by atoms with Gasteiger partial charge in [0.05, 0.1) is 0 Å². The number of primary amides is 1. The van der Waals surface area contributed by atoms with Crippen LogP contribution in [-0.2, 0) is 13.0 Å². The van der Waals surface area contributed by atoms with Crippen molar-refractivity contribution in [2.45, 2.75) is 33.2 Å². The van der Waals surface area contributed by atoms with Crippen molar-refractivity contribution in [2.75, 3.05) is 13.1 Å². The number of nitrogens with one attached hydrogen (secondary N) is 2. The largest absolute Gasteiger partial charge is 0.454 e. The van der Waals surface area contributed by atoms with Crippen LogP contribution in [-0.4, -0.2) is 25.0 Å². The molecule has 1 amide bonds. The van der Waals surface area contributed by atoms with Gasteiger partial charge in [0.2, 0.25) is 0 Å². The molecule has 6 nitrogen and oxygen atoms in total. The molecule has 2 aromatic rings. The Morgan fingerprint density at radius 1 is 1.26 bits per heavy atom. The molecule has 4 N–H and O–H groups in total. The number of hydrogen-bond acceptors (Lipinski definition) is 3. The number of carbonyl (C=O) groups excluding carboxylic acids is 1. The lowest BCUT2D eigenvalue weighted by Crippen LogP contribution is -2.40. The van der Waals surface area contributed by atoms with Crippen molar-refractivity contribution >= 4 is 27.8 Å². The fraction of sp³-hybridized carbons (Fsp3) is 0.400. The molecule has 27 heavy (non-hydrogen) atoms. The normalized spacial score (nSPS) is 12.6. The Labute approximate surface area is 168 Å². The predicted molar refractivity (Wildman–Crippen MR) is 112 cm³/mol. The quantitative estimate of drug-likeness (QED) is 0.416. The number of nitrogens with two attached hydrogens (primary N) is 1. The van der Waals surface area contributed by atoms with E-state index in [1.807, 2.05) is 13.0 Å². The molecule has 0 aliphatic heterocycles. The summed E-state index contributed by atoms with van der Waals surface area (Å²) in [5.74, 6) is 1.39. The van der Waals surface area contributed by atoms with Crippen LogP contribution >= 0.6 is 15.9 Å². The van der Waals surface area contributed by atoms with Crippen LogP contribution in [0.5, 0.6) is 0 Å². The van der Waals surface area contributed by atoms with E-state index in [1.54, 1.807) is 12.1 Å². The van der Waals surface area contributed by atoms with Crippen molar-refractivity contribution in [3.05, 3.63) is 58.0 Å². The lowest BCUT2D eigenvalue weighted by atomic mass is 9.97. The van der Waals surface area contributed by atoms with E-state index in [-0.39, 0.29) is 5.76 Å². The van der Waals surface area contributed by atoms with Gasteiger partial charge in [0.15, 0.2) is 11.7 Å². The minimum absolute atomic E-state index is 0.151. The first kappa shape index (κ1) is 21.0. The Morgan fingerprint density at radius 3 is 2.70 bits per heavy atom. The van der Waals surface area contributed by atoms with Gasteiger partial charge >= 0.3 is 0 Å². The van der Waals surface area contributed by atoms with E-state index in [0.29, 0.717) is 18.2 Å². The number of amides is 1. The number of furan rings is 1. The van der Waals surface area contributed by atoms with Crippen LogP contribution in [0.2, 0.25) is 0 Å². The van der Waals surface area contributed by atoms with Crippen LogP contribution in [0.4, 0.5) is 0 Å². The standard InChI is InChI=1S/C20H27BrN4O2/c1-3-14(10-15-6-5-7-16(21)11-15)12-24-20(23-4-2)25-13-17-8-9-18(27-17)19(22)26/h5-9,11,14H,3-4,10,12-13H2,1-2H3,(H2,22,26)(H2,23,24,25). The zero-order valence-electron chi connectivity index (χ0n) is 15.8. The molecule has 0 bridgehead atoms. The fourth-order valence-electron chi connectivity index (χ4n) is 2.69. The molecule has 0 aliphatic rings. The third kappa shape index (κ3) is 7.09. The van der Waals surface area contributed by atoms with Crippen molar-refractivity contribution in [3.8, 4) is 0 Å². The Bertz CT molecular complexity index is 773. The second-order valence-corrected chi connectivity index (χ2v) is 7.23. The molecule has 1 heterocycles. The molecule has 1 aromatic heterocycles. The molecule has 1 atom stereocenters. The third-order valence-electron chi connectivity index (χ3n) is 4.19. The highest BCUT2D eigenvalue weighted by atomic mass is 79.9. The summed E-state index contributed by atoms with van der Waals surface area (Å²) in [4.78, 5) is 15.6. The third-order valence-corrected chi connectivity index (χ3v) is 4.68. The zero-order valence-corrected chi connectivity index (χ0v) is 17.4. The second-order valence-electron chi connectivity index (χ2n) is 6.31. The molecule has 2 rings (SSSR count). The van der Waals surface area contributed by atoms with Gasteiger partial charge in [0.25, 0.3) is 5.91 Å². The number of guanidine groups is 1. The minimum Gasteiger partial charge on any atom is -0.454 e. The van der Waals surface area contributed by atoms with E-state index < -0.39 is 5.91 Å². The van der Waals surface area contributed by atoms with Gasteiger partial charge in [-0.25, -0.2) is 4.99 Å². The van der Waals surface area contributed by atoms with E-state index in [1.165, 1.54) is 5.56 Å². The molecular weight excluding hydrogens is 408 g/mol. The molecular formula is C20H27BrN4O2. The highest BCUT2D eigenvalue weighted by molar-refractivity contribution is 9.10. The molecule has 0 saturated heterocycles. The number of aliphatic imine (C=N–C) groups is 1. The molecule has 0 fully saturated rings. The van der Waals surface area contributed by atoms with Crippen molar-refractivity contribution in [3.63, 3.8) is 0 Å². The van der Waals surface area contributed by atoms with Crippen molar-refractivity contribution in [1.29, 1.82) is 0 Å². The first-order valence-electron chi connectivity index (χ1n) is 9.17. The average molecular weight is 435 g/mol. The number of nitrogens with zero attached hydrogens (tertiary/aromatic N) is 1. The fourth-order valence-corrected chi connectivity index (χ4v) is 3.14. The summed E-state index contributed by atoms with van der Waals surface area (Å²) in [5.41, 5.74) is 6.52. The topological polar surface area (TPSA) is 92.6 Å². The zero-order chi connectivity index (χ0) is 19.6. The maximum Gasteiger partial charge on any atom is 0.284 e. The van der Waals surface area contributed by atoms with E-state index in [9.17, 15) is 4.79 Å². The smallest absolute Gasteiger partial charge is 0.284 e. The van der Waals surface area contributed by atoms with Gasteiger partial charge in [-0.15, -0.1) is 0 Å². The van der Waals surface area contributed by atoms with Crippen molar-refractivity contribution in [1.82, 2.24) is 10.6 Å². The van der Waals surface area contributed by atoms with Gasteiger partial charge in [-0.3, -0.25) is 4.79 Å². The van der Waals surface area contributed by atoms with Gasteiger partial charge in [0, 0.05) is 17.6 Å². The summed E-state index contributed by atoms with van der Waals surface area (Å²) in [6.45, 7) is 6.14. The minimum atomic E-state index is -0.575. The van der Waals surface area contributed by atoms with Crippen molar-refractivity contribution < 1.29 is 9.21 Å². The van der Waals surface area contributed by atoms with Gasteiger partial charge < -0.3 is 20.8 Å². The molecule has 0 spiro atoms. The number of hydrogen-bond donors (Lipinski definition) is 3. The summed E-state index contributed by atoms with van der Waals surface area (Å²) in [6, 6.07) is 11.7. The Morgan fingerprint density at radius 2 is 2.07 bits per heavy atom. The van der Waals surface area contributed by atoms with E-state index in [2.05, 4.69) is 56.7 Å². The number of rotatable bonds is 9. The summed E-state index contributed by atoms with van der Waals surface area (Å²) in [6.07, 6.45) is 2.07. The maximum atomic E-state index is 11.1. The molecule has 1 aromatic carbocycles. The first-order chi connectivity index (χ1) is 13.0. The summed E-state index contributed by atoms with van der Waals surface area (Å²) < 4.78 is 6.47. The van der Waals surface area contributed by atoms with Crippen LogP contribution in [0.3, 0.4) is 0 Å². The molecule has 7 heteroatoms. The molecule has 0 radical (unpaired) electrons. The lowest BCUT2D eigenvalue weighted by molar-refractivity contribution is 0.0972. The summed E-state index contributed by atoms with van der Waals surface area (Å²) in [7, 11) is 0. The van der Waals surface area contributed by atoms with Gasteiger partial charge in [-0.2, -0.15) is 0 Å². The summed E-state index contributed by atoms with van der Waals surface area (Å²) in [5, 5.41) is 6.63. The molecule has 1 unspecified atom stereocenters. The van der Waals surface area contributed by atoms with Crippen LogP contribution in [0.15, 0.2) is 50.3 Å². The highest BCUT2D eigenvalue weighted by Gasteiger charge is 2.10. The van der Waals surface area contributed by atoms with Crippen LogP contribution < -0.4 is 16.4 Å². The SMILES string of the molecule is CCNC(=NCc1ccc(C(N)=O)o1)NCC(CC)Cc1cccc(Br)c1. The number of carbonyl (C=O) groups is 1. The summed E-state index contributed by atoms with van der Waals surface area (Å²) >= 11 is 3.53. The highest BCUT2D eigenvalue weighted by Crippen LogP contribution is 2.16. The predicted octanol–water partition coefficient (Wildman–Crippen LogP) is 3.47. The van der Waals surface area contributed by atoms with E-state index in [4.69, 9.17) is 10.2 Å². The van der Waals surface area contributed by atoms with Crippen LogP contribution in [0.1, 0.15) is 42.1 Å². The van der Waals surface area contributed by atoms with E-state index >= 15 is 0 Å². The van der Waals surface area contributed by atoms with Gasteiger partial charge in [-0.05, 0) is 49.1 Å². The monoisotopic (exact) mass is 434 g/mol. The second kappa shape index (κ2) is 10.8.